The minimum atomic E-state index is 0.400. The van der Waals surface area contributed by atoms with E-state index in [1.807, 2.05) is 44.2 Å². The van der Waals surface area contributed by atoms with E-state index < -0.39 is 0 Å². The van der Waals surface area contributed by atoms with E-state index in [2.05, 4.69) is 32.2 Å². The molecule has 0 radical (unpaired) electrons. The summed E-state index contributed by atoms with van der Waals surface area (Å²) in [5, 5.41) is 10.6. The van der Waals surface area contributed by atoms with Crippen LogP contribution in [0, 0.1) is 13.8 Å². The Balaban J connectivity index is 2.06. The normalized spacial score (nSPS) is 10.9. The Morgan fingerprint density at radius 2 is 1.76 bits per heavy atom. The number of halogens is 2. The van der Waals surface area contributed by atoms with Crippen LogP contribution in [0.4, 0.5) is 0 Å². The number of hydrogen-bond donors (Lipinski definition) is 0. The van der Waals surface area contributed by atoms with Crippen LogP contribution in [0.2, 0.25) is 5.15 Å². The van der Waals surface area contributed by atoms with Gasteiger partial charge in [-0.05, 0) is 52.2 Å². The summed E-state index contributed by atoms with van der Waals surface area (Å²) >= 11 is 9.56. The molecule has 0 fully saturated rings. The Kier molecular flexibility index (Phi) is 3.83. The van der Waals surface area contributed by atoms with Crippen molar-refractivity contribution in [3.05, 3.63) is 57.2 Å². The van der Waals surface area contributed by atoms with Gasteiger partial charge in [0.25, 0.3) is 0 Å². The van der Waals surface area contributed by atoms with Crippen molar-refractivity contribution in [1.82, 2.24) is 10.2 Å². The van der Waals surface area contributed by atoms with E-state index in [4.69, 9.17) is 16.3 Å². The van der Waals surface area contributed by atoms with Gasteiger partial charge in [0, 0.05) is 5.56 Å². The van der Waals surface area contributed by atoms with Crippen molar-refractivity contribution >= 4 is 38.3 Å². The summed E-state index contributed by atoms with van der Waals surface area (Å²) in [4.78, 5) is 0. The van der Waals surface area contributed by atoms with Gasteiger partial charge in [0.15, 0.2) is 5.15 Å². The van der Waals surface area contributed by atoms with Crippen molar-refractivity contribution in [2.75, 3.05) is 0 Å². The van der Waals surface area contributed by atoms with E-state index in [1.165, 1.54) is 0 Å². The van der Waals surface area contributed by atoms with E-state index >= 15 is 0 Å². The molecule has 106 valence electrons. The standard InChI is InChI=1S/C16H12BrClN2O/c1-9-10(2)16(20-19-15(9)18)21-13-8-7-11-5-3-4-6-12(11)14(13)17/h3-8H,1-2H3. The molecular weight excluding hydrogens is 352 g/mol. The Hall–Kier alpha value is -1.65. The molecule has 0 aliphatic rings. The average molecular weight is 364 g/mol. The largest absolute Gasteiger partial charge is 0.436 e. The van der Waals surface area contributed by atoms with Gasteiger partial charge in [-0.2, -0.15) is 0 Å². The van der Waals surface area contributed by atoms with Crippen molar-refractivity contribution < 1.29 is 4.74 Å². The number of hydrogen-bond acceptors (Lipinski definition) is 3. The minimum Gasteiger partial charge on any atom is -0.436 e. The maximum absolute atomic E-state index is 5.96. The number of benzene rings is 2. The van der Waals surface area contributed by atoms with Crippen molar-refractivity contribution in [1.29, 1.82) is 0 Å². The van der Waals surface area contributed by atoms with Crippen LogP contribution in [-0.2, 0) is 0 Å². The smallest absolute Gasteiger partial charge is 0.242 e. The highest BCUT2D eigenvalue weighted by molar-refractivity contribution is 9.10. The van der Waals surface area contributed by atoms with Crippen LogP contribution in [0.25, 0.3) is 10.8 Å². The van der Waals surface area contributed by atoms with Gasteiger partial charge in [-0.15, -0.1) is 10.2 Å². The number of nitrogens with zero attached hydrogens (tertiary/aromatic N) is 2. The first-order valence-corrected chi connectivity index (χ1v) is 7.59. The number of rotatable bonds is 2. The highest BCUT2D eigenvalue weighted by Crippen LogP contribution is 2.36. The molecule has 3 rings (SSSR count). The van der Waals surface area contributed by atoms with Crippen LogP contribution >= 0.6 is 27.5 Å². The minimum absolute atomic E-state index is 0.400. The van der Waals surface area contributed by atoms with Crippen LogP contribution in [-0.4, -0.2) is 10.2 Å². The predicted octanol–water partition coefficient (Wildman–Crippen LogP) is 5.45. The van der Waals surface area contributed by atoms with Crippen LogP contribution in [0.5, 0.6) is 11.6 Å². The zero-order chi connectivity index (χ0) is 15.0. The molecule has 0 atom stereocenters. The molecule has 0 saturated carbocycles. The van der Waals surface area contributed by atoms with Gasteiger partial charge in [0.2, 0.25) is 5.88 Å². The molecule has 0 saturated heterocycles. The molecule has 0 unspecified atom stereocenters. The first-order chi connectivity index (χ1) is 10.1. The number of ether oxygens (including phenoxy) is 1. The molecule has 21 heavy (non-hydrogen) atoms. The molecule has 3 nitrogen and oxygen atoms in total. The predicted molar refractivity (Wildman–Crippen MR) is 88.2 cm³/mol. The van der Waals surface area contributed by atoms with Gasteiger partial charge in [-0.3, -0.25) is 0 Å². The Morgan fingerprint density at radius 3 is 2.57 bits per heavy atom. The third-order valence-corrected chi connectivity index (χ3v) is 4.63. The molecule has 5 heteroatoms. The first kappa shape index (κ1) is 14.3. The summed E-state index contributed by atoms with van der Waals surface area (Å²) in [5.41, 5.74) is 1.76. The monoisotopic (exact) mass is 362 g/mol. The van der Waals surface area contributed by atoms with E-state index in [0.29, 0.717) is 16.8 Å². The van der Waals surface area contributed by atoms with Crippen LogP contribution < -0.4 is 4.74 Å². The lowest BCUT2D eigenvalue weighted by Crippen LogP contribution is -1.98. The lowest BCUT2D eigenvalue weighted by molar-refractivity contribution is 0.448. The molecule has 0 aliphatic carbocycles. The van der Waals surface area contributed by atoms with Crippen molar-refractivity contribution in [3.8, 4) is 11.6 Å². The van der Waals surface area contributed by atoms with Crippen molar-refractivity contribution in [2.45, 2.75) is 13.8 Å². The van der Waals surface area contributed by atoms with E-state index in [-0.39, 0.29) is 0 Å². The summed E-state index contributed by atoms with van der Waals surface area (Å²) in [7, 11) is 0. The molecule has 0 N–H and O–H groups in total. The molecule has 2 aromatic carbocycles. The highest BCUT2D eigenvalue weighted by Gasteiger charge is 2.13. The summed E-state index contributed by atoms with van der Waals surface area (Å²) in [6.07, 6.45) is 0. The molecule has 0 bridgehead atoms. The second-order valence-corrected chi connectivity index (χ2v) is 5.90. The fraction of sp³-hybridized carbons (Fsp3) is 0.125. The van der Waals surface area contributed by atoms with E-state index in [1.54, 1.807) is 0 Å². The lowest BCUT2D eigenvalue weighted by atomic mass is 10.1. The topological polar surface area (TPSA) is 35.0 Å². The molecule has 0 amide bonds. The summed E-state index contributed by atoms with van der Waals surface area (Å²) in [5.74, 6) is 1.17. The Labute approximate surface area is 136 Å². The van der Waals surface area contributed by atoms with Crippen LogP contribution in [0.1, 0.15) is 11.1 Å². The SMILES string of the molecule is Cc1c(Cl)nnc(Oc2ccc3ccccc3c2Br)c1C. The summed E-state index contributed by atoms with van der Waals surface area (Å²) < 4.78 is 6.80. The zero-order valence-corrected chi connectivity index (χ0v) is 13.9. The van der Waals surface area contributed by atoms with Gasteiger partial charge in [-0.1, -0.05) is 41.9 Å². The maximum Gasteiger partial charge on any atom is 0.242 e. The highest BCUT2D eigenvalue weighted by atomic mass is 79.9. The fourth-order valence-electron chi connectivity index (χ4n) is 2.05. The molecule has 0 spiro atoms. The van der Waals surface area contributed by atoms with Crippen LogP contribution in [0.3, 0.4) is 0 Å². The number of aromatic nitrogens is 2. The maximum atomic E-state index is 5.96. The van der Waals surface area contributed by atoms with Gasteiger partial charge in [-0.25, -0.2) is 0 Å². The third kappa shape index (κ3) is 2.61. The molecule has 1 aromatic heterocycles. The fourth-order valence-corrected chi connectivity index (χ4v) is 2.80. The summed E-state index contributed by atoms with van der Waals surface area (Å²) in [6.45, 7) is 3.81. The first-order valence-electron chi connectivity index (χ1n) is 6.42. The van der Waals surface area contributed by atoms with Gasteiger partial charge < -0.3 is 4.74 Å². The molecule has 3 aromatic rings. The van der Waals surface area contributed by atoms with Gasteiger partial charge >= 0.3 is 0 Å². The van der Waals surface area contributed by atoms with Crippen LogP contribution in [0.15, 0.2) is 40.9 Å². The Morgan fingerprint density at radius 1 is 1.00 bits per heavy atom. The average Bonchev–Trinajstić information content (AvgIpc) is 2.50. The second kappa shape index (κ2) is 5.62. The molecule has 0 aliphatic heterocycles. The summed E-state index contributed by atoms with van der Waals surface area (Å²) in [6, 6.07) is 12.0. The van der Waals surface area contributed by atoms with Crippen molar-refractivity contribution in [2.24, 2.45) is 0 Å². The molecule has 1 heterocycles. The van der Waals surface area contributed by atoms with E-state index in [0.717, 1.165) is 26.4 Å². The third-order valence-electron chi connectivity index (χ3n) is 3.46. The van der Waals surface area contributed by atoms with E-state index in [9.17, 15) is 0 Å². The number of fused-ring (bicyclic) bond motifs is 1. The lowest BCUT2D eigenvalue weighted by Gasteiger charge is -2.12. The zero-order valence-electron chi connectivity index (χ0n) is 11.5. The molecular formula is C16H12BrClN2O. The van der Waals surface area contributed by atoms with Gasteiger partial charge in [0.05, 0.1) is 4.47 Å². The Bertz CT molecular complexity index is 836. The van der Waals surface area contributed by atoms with Gasteiger partial charge in [0.1, 0.15) is 5.75 Å². The van der Waals surface area contributed by atoms with Crippen molar-refractivity contribution in [3.63, 3.8) is 0 Å². The second-order valence-electron chi connectivity index (χ2n) is 4.75. The quantitative estimate of drug-likeness (QED) is 0.607.